The fraction of sp³-hybridized carbons (Fsp3) is 0.235. The van der Waals surface area contributed by atoms with Crippen LogP contribution in [-0.2, 0) is 10.0 Å². The number of carbonyl (C=O) groups is 1. The van der Waals surface area contributed by atoms with Crippen LogP contribution in [0.25, 0.3) is 0 Å². The van der Waals surface area contributed by atoms with E-state index in [9.17, 15) is 13.2 Å². The molecule has 0 spiro atoms. The van der Waals surface area contributed by atoms with E-state index in [1.54, 1.807) is 42.5 Å². The summed E-state index contributed by atoms with van der Waals surface area (Å²) in [4.78, 5) is 12.6. The van der Waals surface area contributed by atoms with Gasteiger partial charge in [0.25, 0.3) is 5.91 Å². The molecule has 0 saturated heterocycles. The molecule has 2 rings (SSSR count). The highest BCUT2D eigenvalue weighted by Crippen LogP contribution is 2.28. The summed E-state index contributed by atoms with van der Waals surface area (Å²) in [6.45, 7) is 0. The molecule has 134 valence electrons. The highest BCUT2D eigenvalue weighted by atomic mass is 32.2. The van der Waals surface area contributed by atoms with Gasteiger partial charge >= 0.3 is 0 Å². The molecule has 0 aromatic heterocycles. The molecule has 0 atom stereocenters. The van der Waals surface area contributed by atoms with Crippen LogP contribution in [0, 0.1) is 0 Å². The number of carbonyl (C=O) groups excluding carboxylic acids is 1. The van der Waals surface area contributed by atoms with Crippen molar-refractivity contribution in [2.75, 3.05) is 37.1 Å². The van der Waals surface area contributed by atoms with Crippen molar-refractivity contribution in [1.29, 1.82) is 0 Å². The average molecular weight is 364 g/mol. The summed E-state index contributed by atoms with van der Waals surface area (Å²) in [5, 5.41) is 2.73. The molecule has 2 aromatic rings. The maximum atomic E-state index is 12.6. The standard InChI is InChI=1S/C17H20N2O5S/c1-19(25(4,21)22)16-8-6-5-7-15(16)18-17(20)12-9-13(23-2)11-14(10-12)24-3/h5-11H,1-4H3,(H,18,20). The number of amides is 1. The number of sulfonamides is 1. The molecule has 2 aromatic carbocycles. The molecule has 0 bridgehead atoms. The summed E-state index contributed by atoms with van der Waals surface area (Å²) in [7, 11) is 0.953. The van der Waals surface area contributed by atoms with Gasteiger partial charge in [0, 0.05) is 18.7 Å². The van der Waals surface area contributed by atoms with Crippen molar-refractivity contribution < 1.29 is 22.7 Å². The molecule has 7 nitrogen and oxygen atoms in total. The zero-order chi connectivity index (χ0) is 18.6. The monoisotopic (exact) mass is 364 g/mol. The summed E-state index contributed by atoms with van der Waals surface area (Å²) in [6, 6.07) is 11.4. The van der Waals surface area contributed by atoms with Gasteiger partial charge in [0.2, 0.25) is 10.0 Å². The molecular weight excluding hydrogens is 344 g/mol. The van der Waals surface area contributed by atoms with Crippen molar-refractivity contribution in [3.63, 3.8) is 0 Å². The predicted molar refractivity (Wildman–Crippen MR) is 97.2 cm³/mol. The van der Waals surface area contributed by atoms with Crippen molar-refractivity contribution in [3.05, 3.63) is 48.0 Å². The average Bonchev–Trinajstić information content (AvgIpc) is 2.60. The lowest BCUT2D eigenvalue weighted by atomic mass is 10.1. The Hall–Kier alpha value is -2.74. The van der Waals surface area contributed by atoms with Gasteiger partial charge in [-0.3, -0.25) is 9.10 Å². The maximum absolute atomic E-state index is 12.6. The van der Waals surface area contributed by atoms with Gasteiger partial charge in [0.15, 0.2) is 0 Å². The van der Waals surface area contributed by atoms with Crippen molar-refractivity contribution in [2.24, 2.45) is 0 Å². The molecular formula is C17H20N2O5S. The van der Waals surface area contributed by atoms with Crippen LogP contribution >= 0.6 is 0 Å². The number of hydrogen-bond acceptors (Lipinski definition) is 5. The van der Waals surface area contributed by atoms with Gasteiger partial charge in [0.05, 0.1) is 31.9 Å². The normalized spacial score (nSPS) is 10.9. The Balaban J connectivity index is 2.36. The topological polar surface area (TPSA) is 84.9 Å². The third kappa shape index (κ3) is 4.42. The SMILES string of the molecule is COc1cc(OC)cc(C(=O)Nc2ccccc2N(C)S(C)(=O)=O)c1. The summed E-state index contributed by atoms with van der Waals surface area (Å²) in [5.41, 5.74) is 1.07. The Labute approximate surface area is 147 Å². The zero-order valence-corrected chi connectivity index (χ0v) is 15.3. The van der Waals surface area contributed by atoms with Gasteiger partial charge in [-0.15, -0.1) is 0 Å². The Kier molecular flexibility index (Phi) is 5.53. The highest BCUT2D eigenvalue weighted by Gasteiger charge is 2.18. The number of hydrogen-bond donors (Lipinski definition) is 1. The lowest BCUT2D eigenvalue weighted by Crippen LogP contribution is -2.26. The smallest absolute Gasteiger partial charge is 0.255 e. The Bertz CT molecular complexity index is 858. The number of benzene rings is 2. The van der Waals surface area contributed by atoms with E-state index >= 15 is 0 Å². The number of methoxy groups -OCH3 is 2. The third-order valence-corrected chi connectivity index (χ3v) is 4.79. The third-order valence-electron chi connectivity index (χ3n) is 3.60. The molecule has 0 saturated carbocycles. The lowest BCUT2D eigenvalue weighted by molar-refractivity contribution is 0.102. The molecule has 8 heteroatoms. The largest absolute Gasteiger partial charge is 0.497 e. The van der Waals surface area contributed by atoms with Crippen LogP contribution < -0.4 is 19.1 Å². The first-order valence-corrected chi connectivity index (χ1v) is 9.18. The Morgan fingerprint density at radius 2 is 1.60 bits per heavy atom. The number of nitrogens with zero attached hydrogens (tertiary/aromatic N) is 1. The fourth-order valence-electron chi connectivity index (χ4n) is 2.17. The van der Waals surface area contributed by atoms with Crippen LogP contribution in [0.4, 0.5) is 11.4 Å². The van der Waals surface area contributed by atoms with Crippen molar-refractivity contribution in [2.45, 2.75) is 0 Å². The molecule has 0 fully saturated rings. The predicted octanol–water partition coefficient (Wildman–Crippen LogP) is 2.35. The quantitative estimate of drug-likeness (QED) is 0.850. The molecule has 0 heterocycles. The lowest BCUT2D eigenvalue weighted by Gasteiger charge is -2.20. The van der Waals surface area contributed by atoms with Crippen molar-refractivity contribution in [3.8, 4) is 11.5 Å². The van der Waals surface area contributed by atoms with E-state index in [1.807, 2.05) is 0 Å². The number of ether oxygens (including phenoxy) is 2. The molecule has 1 N–H and O–H groups in total. The minimum Gasteiger partial charge on any atom is -0.497 e. The second kappa shape index (κ2) is 7.43. The van der Waals surface area contributed by atoms with Gasteiger partial charge in [0.1, 0.15) is 11.5 Å². The second-order valence-electron chi connectivity index (χ2n) is 5.30. The van der Waals surface area contributed by atoms with Gasteiger partial charge in [-0.2, -0.15) is 0 Å². The molecule has 0 unspecified atom stereocenters. The van der Waals surface area contributed by atoms with E-state index in [-0.39, 0.29) is 0 Å². The number of nitrogens with one attached hydrogen (secondary N) is 1. The molecule has 0 aliphatic rings. The summed E-state index contributed by atoms with van der Waals surface area (Å²) < 4.78 is 35.0. The van der Waals surface area contributed by atoms with E-state index in [4.69, 9.17) is 9.47 Å². The Morgan fingerprint density at radius 3 is 2.12 bits per heavy atom. The molecule has 0 aliphatic carbocycles. The van der Waals surface area contributed by atoms with Crippen LogP contribution in [0.5, 0.6) is 11.5 Å². The van der Waals surface area contributed by atoms with Gasteiger partial charge in [-0.1, -0.05) is 12.1 Å². The van der Waals surface area contributed by atoms with Crippen molar-refractivity contribution in [1.82, 2.24) is 0 Å². The van der Waals surface area contributed by atoms with E-state index < -0.39 is 15.9 Å². The molecule has 0 aliphatic heterocycles. The maximum Gasteiger partial charge on any atom is 0.255 e. The van der Waals surface area contributed by atoms with Crippen LogP contribution in [0.1, 0.15) is 10.4 Å². The van der Waals surface area contributed by atoms with E-state index in [1.165, 1.54) is 21.3 Å². The van der Waals surface area contributed by atoms with Crippen LogP contribution in [-0.4, -0.2) is 41.8 Å². The summed E-state index contributed by atoms with van der Waals surface area (Å²) >= 11 is 0. The first-order chi connectivity index (χ1) is 11.8. The second-order valence-corrected chi connectivity index (χ2v) is 7.32. The van der Waals surface area contributed by atoms with E-state index in [0.29, 0.717) is 28.4 Å². The highest BCUT2D eigenvalue weighted by molar-refractivity contribution is 7.92. The number of para-hydroxylation sites is 2. The van der Waals surface area contributed by atoms with Crippen LogP contribution in [0.2, 0.25) is 0 Å². The molecule has 1 amide bonds. The van der Waals surface area contributed by atoms with Gasteiger partial charge in [-0.25, -0.2) is 8.42 Å². The molecule has 25 heavy (non-hydrogen) atoms. The van der Waals surface area contributed by atoms with Crippen LogP contribution in [0.15, 0.2) is 42.5 Å². The summed E-state index contributed by atoms with van der Waals surface area (Å²) in [6.07, 6.45) is 1.10. The van der Waals surface area contributed by atoms with Gasteiger partial charge < -0.3 is 14.8 Å². The van der Waals surface area contributed by atoms with Gasteiger partial charge in [-0.05, 0) is 24.3 Å². The fourth-order valence-corrected chi connectivity index (χ4v) is 2.68. The van der Waals surface area contributed by atoms with E-state index in [2.05, 4.69) is 5.32 Å². The number of rotatable bonds is 6. The minimum atomic E-state index is -3.46. The Morgan fingerprint density at radius 1 is 1.04 bits per heavy atom. The zero-order valence-electron chi connectivity index (χ0n) is 14.4. The summed E-state index contributed by atoms with van der Waals surface area (Å²) in [5.74, 6) is 0.545. The minimum absolute atomic E-state index is 0.327. The first-order valence-electron chi connectivity index (χ1n) is 7.33. The first kappa shape index (κ1) is 18.6. The molecule has 0 radical (unpaired) electrons. The van der Waals surface area contributed by atoms with Crippen molar-refractivity contribution >= 4 is 27.3 Å². The number of anilines is 2. The van der Waals surface area contributed by atoms with Crippen LogP contribution in [0.3, 0.4) is 0 Å². The van der Waals surface area contributed by atoms with E-state index in [0.717, 1.165) is 10.6 Å².